The first kappa shape index (κ1) is 17.7. The molecule has 3 rings (SSSR count). The van der Waals surface area contributed by atoms with E-state index >= 15 is 0 Å². The summed E-state index contributed by atoms with van der Waals surface area (Å²) in [5.41, 5.74) is 1.52. The standard InChI is InChI=1S/C18H20FN3O2S/c1-2-25-17-8-7-15(11-20-17)21-18(23)22-9-10-24-16(12-22)13-3-5-14(19)6-4-13/h3-8,11,16H,2,9-10,12H2,1H3,(H,21,23)/t16-/m1/s1. The molecular weight excluding hydrogens is 341 g/mol. The van der Waals surface area contributed by atoms with Crippen LogP contribution in [0.15, 0.2) is 47.6 Å². The molecule has 0 aliphatic carbocycles. The Bertz CT molecular complexity index is 709. The molecule has 1 aromatic heterocycles. The Morgan fingerprint density at radius 3 is 2.84 bits per heavy atom. The van der Waals surface area contributed by atoms with Crippen molar-refractivity contribution in [1.29, 1.82) is 0 Å². The van der Waals surface area contributed by atoms with E-state index in [0.717, 1.165) is 16.3 Å². The van der Waals surface area contributed by atoms with Gasteiger partial charge in [-0.2, -0.15) is 0 Å². The highest BCUT2D eigenvalue weighted by Crippen LogP contribution is 2.23. The van der Waals surface area contributed by atoms with Gasteiger partial charge < -0.3 is 15.0 Å². The van der Waals surface area contributed by atoms with Gasteiger partial charge in [-0.1, -0.05) is 19.1 Å². The summed E-state index contributed by atoms with van der Waals surface area (Å²) in [6.07, 6.45) is 1.41. The molecule has 2 heterocycles. The number of rotatable bonds is 4. The van der Waals surface area contributed by atoms with Gasteiger partial charge in [0.05, 0.1) is 30.1 Å². The maximum atomic E-state index is 13.1. The van der Waals surface area contributed by atoms with Crippen LogP contribution in [0.5, 0.6) is 0 Å². The molecule has 0 spiro atoms. The van der Waals surface area contributed by atoms with Gasteiger partial charge in [0, 0.05) is 6.54 Å². The molecule has 2 aromatic rings. The van der Waals surface area contributed by atoms with Crippen LogP contribution < -0.4 is 5.32 Å². The number of urea groups is 1. The number of hydrogen-bond acceptors (Lipinski definition) is 4. The Hall–Kier alpha value is -2.12. The molecule has 1 atom stereocenters. The minimum atomic E-state index is -0.286. The molecule has 1 fully saturated rings. The zero-order valence-corrected chi connectivity index (χ0v) is 14.8. The van der Waals surface area contributed by atoms with Crippen molar-refractivity contribution in [3.63, 3.8) is 0 Å². The number of morpholine rings is 1. The lowest BCUT2D eigenvalue weighted by Crippen LogP contribution is -2.44. The van der Waals surface area contributed by atoms with E-state index in [2.05, 4.69) is 17.2 Å². The van der Waals surface area contributed by atoms with Crippen molar-refractivity contribution in [1.82, 2.24) is 9.88 Å². The summed E-state index contributed by atoms with van der Waals surface area (Å²) in [6, 6.07) is 9.74. The van der Waals surface area contributed by atoms with Crippen LogP contribution in [0.1, 0.15) is 18.6 Å². The molecule has 1 aromatic carbocycles. The van der Waals surface area contributed by atoms with E-state index in [1.807, 2.05) is 12.1 Å². The Labute approximate surface area is 150 Å². The van der Waals surface area contributed by atoms with Gasteiger partial charge in [0.1, 0.15) is 11.9 Å². The zero-order chi connectivity index (χ0) is 17.6. The van der Waals surface area contributed by atoms with Crippen molar-refractivity contribution in [3.05, 3.63) is 54.0 Å². The smallest absolute Gasteiger partial charge is 0.322 e. The Balaban J connectivity index is 1.60. The van der Waals surface area contributed by atoms with Gasteiger partial charge in [-0.15, -0.1) is 11.8 Å². The van der Waals surface area contributed by atoms with Crippen LogP contribution in [-0.4, -0.2) is 41.4 Å². The number of thioether (sulfide) groups is 1. The lowest BCUT2D eigenvalue weighted by molar-refractivity contribution is -0.0135. The molecule has 5 nitrogen and oxygen atoms in total. The third kappa shape index (κ3) is 4.70. The van der Waals surface area contributed by atoms with Gasteiger partial charge in [-0.25, -0.2) is 14.2 Å². The number of halogens is 1. The van der Waals surface area contributed by atoms with Crippen LogP contribution in [-0.2, 0) is 4.74 Å². The first-order valence-corrected chi connectivity index (χ1v) is 9.16. The highest BCUT2D eigenvalue weighted by atomic mass is 32.2. The van der Waals surface area contributed by atoms with Crippen molar-refractivity contribution in [2.45, 2.75) is 18.1 Å². The summed E-state index contributed by atoms with van der Waals surface area (Å²) >= 11 is 1.65. The van der Waals surface area contributed by atoms with Crippen LogP contribution in [0, 0.1) is 5.82 Å². The second-order valence-corrected chi connectivity index (χ2v) is 6.89. The predicted octanol–water partition coefficient (Wildman–Crippen LogP) is 3.94. The third-order valence-electron chi connectivity index (χ3n) is 3.88. The predicted molar refractivity (Wildman–Crippen MR) is 96.3 cm³/mol. The molecule has 0 bridgehead atoms. The highest BCUT2D eigenvalue weighted by molar-refractivity contribution is 7.99. The molecule has 1 saturated heterocycles. The Kier molecular flexibility index (Phi) is 5.88. The number of anilines is 1. The average molecular weight is 361 g/mol. The van der Waals surface area contributed by atoms with E-state index < -0.39 is 0 Å². The van der Waals surface area contributed by atoms with Crippen molar-refractivity contribution in [3.8, 4) is 0 Å². The van der Waals surface area contributed by atoms with Gasteiger partial charge >= 0.3 is 6.03 Å². The third-order valence-corrected chi connectivity index (χ3v) is 4.70. The number of hydrogen-bond donors (Lipinski definition) is 1. The first-order chi connectivity index (χ1) is 12.2. The van der Waals surface area contributed by atoms with E-state index in [-0.39, 0.29) is 18.0 Å². The summed E-state index contributed by atoms with van der Waals surface area (Å²) in [6.45, 7) is 3.45. The van der Waals surface area contributed by atoms with E-state index in [4.69, 9.17) is 4.74 Å². The largest absolute Gasteiger partial charge is 0.370 e. The number of ether oxygens (including phenoxy) is 1. The quantitative estimate of drug-likeness (QED) is 0.838. The number of nitrogens with one attached hydrogen (secondary N) is 1. The summed E-state index contributed by atoms with van der Waals surface area (Å²) in [5.74, 6) is 0.670. The van der Waals surface area contributed by atoms with E-state index in [1.54, 1.807) is 35.0 Å². The summed E-state index contributed by atoms with van der Waals surface area (Å²) in [4.78, 5) is 18.5. The maximum Gasteiger partial charge on any atom is 0.322 e. The van der Waals surface area contributed by atoms with Gasteiger partial charge in [0.25, 0.3) is 0 Å². The molecule has 0 unspecified atom stereocenters. The number of amides is 2. The van der Waals surface area contributed by atoms with Gasteiger partial charge in [-0.05, 0) is 35.6 Å². The minimum absolute atomic E-state index is 0.187. The molecule has 7 heteroatoms. The summed E-state index contributed by atoms with van der Waals surface area (Å²) < 4.78 is 18.8. The monoisotopic (exact) mass is 361 g/mol. The maximum absolute atomic E-state index is 13.1. The van der Waals surface area contributed by atoms with Crippen molar-refractivity contribution >= 4 is 23.5 Å². The number of aromatic nitrogens is 1. The van der Waals surface area contributed by atoms with Crippen LogP contribution >= 0.6 is 11.8 Å². The van der Waals surface area contributed by atoms with Crippen molar-refractivity contribution in [2.24, 2.45) is 0 Å². The van der Waals surface area contributed by atoms with Crippen LogP contribution in [0.25, 0.3) is 0 Å². The fraction of sp³-hybridized carbons (Fsp3) is 0.333. The lowest BCUT2D eigenvalue weighted by atomic mass is 10.1. The second-order valence-electron chi connectivity index (χ2n) is 5.61. The molecule has 2 amide bonds. The van der Waals surface area contributed by atoms with E-state index in [1.165, 1.54) is 12.1 Å². The fourth-order valence-electron chi connectivity index (χ4n) is 2.60. The van der Waals surface area contributed by atoms with Gasteiger partial charge in [-0.3, -0.25) is 0 Å². The summed E-state index contributed by atoms with van der Waals surface area (Å²) in [5, 5.41) is 3.80. The number of nitrogens with zero attached hydrogens (tertiary/aromatic N) is 2. The molecule has 1 aliphatic heterocycles. The molecule has 0 radical (unpaired) electrons. The molecular formula is C18H20FN3O2S. The molecule has 1 aliphatic rings. The number of carbonyl (C=O) groups excluding carboxylic acids is 1. The average Bonchev–Trinajstić information content (AvgIpc) is 2.64. The minimum Gasteiger partial charge on any atom is -0.370 e. The molecule has 25 heavy (non-hydrogen) atoms. The molecule has 132 valence electrons. The number of carbonyl (C=O) groups is 1. The van der Waals surface area contributed by atoms with Crippen LogP contribution in [0.2, 0.25) is 0 Å². The first-order valence-electron chi connectivity index (χ1n) is 8.17. The SMILES string of the molecule is CCSc1ccc(NC(=O)N2CCO[C@@H](c3ccc(F)cc3)C2)cn1. The number of benzene rings is 1. The van der Waals surface area contributed by atoms with Gasteiger partial charge in [0.2, 0.25) is 0 Å². The Morgan fingerprint density at radius 1 is 1.36 bits per heavy atom. The van der Waals surface area contributed by atoms with E-state index in [0.29, 0.717) is 25.4 Å². The van der Waals surface area contributed by atoms with Gasteiger partial charge in [0.15, 0.2) is 0 Å². The zero-order valence-electron chi connectivity index (χ0n) is 13.9. The van der Waals surface area contributed by atoms with Crippen LogP contribution in [0.4, 0.5) is 14.9 Å². The second kappa shape index (κ2) is 8.31. The van der Waals surface area contributed by atoms with E-state index in [9.17, 15) is 9.18 Å². The van der Waals surface area contributed by atoms with Crippen LogP contribution in [0.3, 0.4) is 0 Å². The molecule has 0 saturated carbocycles. The normalized spacial score (nSPS) is 17.4. The summed E-state index contributed by atoms with van der Waals surface area (Å²) in [7, 11) is 0. The highest BCUT2D eigenvalue weighted by Gasteiger charge is 2.25. The topological polar surface area (TPSA) is 54.5 Å². The van der Waals surface area contributed by atoms with Crippen molar-refractivity contribution in [2.75, 3.05) is 30.8 Å². The lowest BCUT2D eigenvalue weighted by Gasteiger charge is -2.33. The van der Waals surface area contributed by atoms with Crippen molar-refractivity contribution < 1.29 is 13.9 Å². The fourth-order valence-corrected chi connectivity index (χ4v) is 3.19. The molecule has 1 N–H and O–H groups in total. The number of pyridine rings is 1. The Morgan fingerprint density at radius 2 is 2.16 bits per heavy atom.